The number of methoxy groups -OCH3 is 1. The molecule has 0 unspecified atom stereocenters. The van der Waals surface area contributed by atoms with E-state index < -0.39 is 42.8 Å². The molecule has 9 nitrogen and oxygen atoms in total. The summed E-state index contributed by atoms with van der Waals surface area (Å²) >= 11 is 0. The van der Waals surface area contributed by atoms with Gasteiger partial charge < -0.3 is 30.3 Å². The van der Waals surface area contributed by atoms with Crippen molar-refractivity contribution in [1.82, 2.24) is 10.6 Å². The number of ether oxygens (including phenoxy) is 2. The van der Waals surface area contributed by atoms with E-state index in [0.717, 1.165) is 22.3 Å². The van der Waals surface area contributed by atoms with Crippen LogP contribution in [0.2, 0.25) is 0 Å². The molecule has 1 aliphatic carbocycles. The van der Waals surface area contributed by atoms with Crippen molar-refractivity contribution in [2.45, 2.75) is 31.0 Å². The average Bonchev–Trinajstić information content (AvgIpc) is 3.12. The predicted octanol–water partition coefficient (Wildman–Crippen LogP) is 1.49. The highest BCUT2D eigenvalue weighted by molar-refractivity contribution is 5.89. The molecule has 9 heteroatoms. The number of alkyl carbamates (subject to hydrolysis) is 1. The molecule has 3 atom stereocenters. The molecule has 2 aromatic carbocycles. The predicted molar refractivity (Wildman–Crippen MR) is 115 cm³/mol. The van der Waals surface area contributed by atoms with Gasteiger partial charge in [-0.3, -0.25) is 4.79 Å². The minimum atomic E-state index is -1.50. The van der Waals surface area contributed by atoms with Gasteiger partial charge in [-0.25, -0.2) is 9.59 Å². The van der Waals surface area contributed by atoms with Gasteiger partial charge >= 0.3 is 12.1 Å². The third kappa shape index (κ3) is 4.90. The van der Waals surface area contributed by atoms with Gasteiger partial charge in [-0.15, -0.1) is 0 Å². The van der Waals surface area contributed by atoms with Crippen LogP contribution in [0.3, 0.4) is 0 Å². The summed E-state index contributed by atoms with van der Waals surface area (Å²) in [4.78, 5) is 36.1. The smallest absolute Gasteiger partial charge is 0.407 e. The molecule has 1 aliphatic rings. The summed E-state index contributed by atoms with van der Waals surface area (Å²) in [5.41, 5.74) is 4.28. The van der Waals surface area contributed by atoms with Gasteiger partial charge in [0.05, 0.1) is 12.7 Å². The fourth-order valence-electron chi connectivity index (χ4n) is 3.75. The summed E-state index contributed by atoms with van der Waals surface area (Å²) in [5, 5.41) is 22.8. The number of nitrogens with one attached hydrogen (secondary N) is 2. The van der Waals surface area contributed by atoms with Crippen molar-refractivity contribution in [2.24, 2.45) is 0 Å². The first kappa shape index (κ1) is 23.2. The molecule has 4 N–H and O–H groups in total. The Morgan fingerprint density at radius 1 is 1.00 bits per heavy atom. The van der Waals surface area contributed by atoms with E-state index in [1.807, 2.05) is 48.5 Å². The fourth-order valence-corrected chi connectivity index (χ4v) is 3.75. The Kier molecular flexibility index (Phi) is 7.45. The first-order valence-corrected chi connectivity index (χ1v) is 10.2. The zero-order valence-electron chi connectivity index (χ0n) is 17.8. The number of aliphatic carboxylic acids is 1. The number of amides is 2. The molecule has 0 saturated carbocycles. The van der Waals surface area contributed by atoms with E-state index in [2.05, 4.69) is 10.6 Å². The van der Waals surface area contributed by atoms with Gasteiger partial charge in [0.25, 0.3) is 0 Å². The highest BCUT2D eigenvalue weighted by atomic mass is 16.5. The van der Waals surface area contributed by atoms with Gasteiger partial charge in [0.2, 0.25) is 5.91 Å². The summed E-state index contributed by atoms with van der Waals surface area (Å²) in [5.74, 6) is -2.36. The van der Waals surface area contributed by atoms with E-state index in [1.165, 1.54) is 7.11 Å². The van der Waals surface area contributed by atoms with Crippen molar-refractivity contribution >= 4 is 18.0 Å². The molecule has 0 spiro atoms. The minimum Gasteiger partial charge on any atom is -0.480 e. The first-order valence-electron chi connectivity index (χ1n) is 10.2. The summed E-state index contributed by atoms with van der Waals surface area (Å²) in [6.45, 7) is 0.812. The number of fused-ring (bicyclic) bond motifs is 3. The van der Waals surface area contributed by atoms with Crippen LogP contribution >= 0.6 is 0 Å². The maximum absolute atomic E-state index is 12.5. The number of hydrogen-bond acceptors (Lipinski definition) is 6. The number of carbonyl (C=O) groups excluding carboxylic acids is 2. The number of carboxylic acid groups (broad SMARTS) is 1. The molecule has 0 fully saturated rings. The Balaban J connectivity index is 1.68. The van der Waals surface area contributed by atoms with Gasteiger partial charge in [-0.05, 0) is 29.2 Å². The fraction of sp³-hybridized carbons (Fsp3) is 0.348. The van der Waals surface area contributed by atoms with E-state index in [0.29, 0.717) is 0 Å². The maximum atomic E-state index is 12.5. The third-order valence-corrected chi connectivity index (χ3v) is 5.54. The Morgan fingerprint density at radius 3 is 2.06 bits per heavy atom. The zero-order chi connectivity index (χ0) is 23.3. The quantitative estimate of drug-likeness (QED) is 0.462. The lowest BCUT2D eigenvalue weighted by Gasteiger charge is -2.25. The second-order valence-corrected chi connectivity index (χ2v) is 7.47. The van der Waals surface area contributed by atoms with Crippen LogP contribution in [0.5, 0.6) is 0 Å². The Labute approximate surface area is 185 Å². The molecule has 0 bridgehead atoms. The lowest BCUT2D eigenvalue weighted by Crippen LogP contribution is -2.57. The average molecular weight is 442 g/mol. The maximum Gasteiger partial charge on any atom is 0.407 e. The Morgan fingerprint density at radius 2 is 1.56 bits per heavy atom. The van der Waals surface area contributed by atoms with Crippen LogP contribution < -0.4 is 10.6 Å². The number of hydrogen-bond donors (Lipinski definition) is 4. The number of benzene rings is 2. The monoisotopic (exact) mass is 442 g/mol. The number of aliphatic hydroxyl groups is 1. The molecule has 0 aliphatic heterocycles. The van der Waals surface area contributed by atoms with E-state index >= 15 is 0 Å². The summed E-state index contributed by atoms with van der Waals surface area (Å²) in [7, 11) is 1.35. The topological polar surface area (TPSA) is 134 Å². The van der Waals surface area contributed by atoms with Gasteiger partial charge in [0.1, 0.15) is 18.7 Å². The van der Waals surface area contributed by atoms with Gasteiger partial charge in [0.15, 0.2) is 0 Å². The van der Waals surface area contributed by atoms with E-state index in [4.69, 9.17) is 19.7 Å². The SMILES string of the molecule is CO[C@H](C)[C@H](NC(=O)OCC1c2ccccc2-c2ccccc21)C(=O)N[C@@H](CO)C(=O)O. The molecular weight excluding hydrogens is 416 g/mol. The van der Waals surface area contributed by atoms with Crippen LogP contribution in [0.1, 0.15) is 24.0 Å². The number of rotatable bonds is 9. The molecular formula is C23H26N2O7. The Bertz CT molecular complexity index is 948. The molecule has 0 radical (unpaired) electrons. The summed E-state index contributed by atoms with van der Waals surface area (Å²) in [6.07, 6.45) is -1.62. The van der Waals surface area contributed by atoms with E-state index in [1.54, 1.807) is 6.92 Å². The number of aliphatic hydroxyl groups excluding tert-OH is 1. The highest BCUT2D eigenvalue weighted by Crippen LogP contribution is 2.44. The lowest BCUT2D eigenvalue weighted by atomic mass is 9.98. The van der Waals surface area contributed by atoms with Gasteiger partial charge in [0, 0.05) is 13.0 Å². The van der Waals surface area contributed by atoms with Crippen molar-refractivity contribution < 1.29 is 34.1 Å². The van der Waals surface area contributed by atoms with Gasteiger partial charge in [-0.2, -0.15) is 0 Å². The molecule has 0 saturated heterocycles. The third-order valence-electron chi connectivity index (χ3n) is 5.54. The van der Waals surface area contributed by atoms with Crippen LogP contribution in [-0.4, -0.2) is 66.7 Å². The molecule has 2 aromatic rings. The molecule has 0 heterocycles. The second kappa shape index (κ2) is 10.3. The highest BCUT2D eigenvalue weighted by Gasteiger charge is 2.32. The Hall–Kier alpha value is -3.43. The van der Waals surface area contributed by atoms with Crippen molar-refractivity contribution in [3.8, 4) is 11.1 Å². The normalized spacial score (nSPS) is 15.1. The second-order valence-electron chi connectivity index (χ2n) is 7.47. The number of carbonyl (C=O) groups is 3. The molecule has 2 amide bonds. The van der Waals surface area contributed by atoms with Gasteiger partial charge in [-0.1, -0.05) is 48.5 Å². The molecule has 32 heavy (non-hydrogen) atoms. The summed E-state index contributed by atoms with van der Waals surface area (Å²) in [6, 6.07) is 13.1. The van der Waals surface area contributed by atoms with E-state index in [9.17, 15) is 14.4 Å². The van der Waals surface area contributed by atoms with Crippen LogP contribution in [0, 0.1) is 0 Å². The van der Waals surface area contributed by atoms with Crippen molar-refractivity contribution in [3.63, 3.8) is 0 Å². The van der Waals surface area contributed by atoms with Crippen molar-refractivity contribution in [1.29, 1.82) is 0 Å². The number of carboxylic acids is 1. The lowest BCUT2D eigenvalue weighted by molar-refractivity contribution is -0.143. The molecule has 170 valence electrons. The zero-order valence-corrected chi connectivity index (χ0v) is 17.8. The molecule has 3 rings (SSSR count). The summed E-state index contributed by atoms with van der Waals surface area (Å²) < 4.78 is 10.6. The van der Waals surface area contributed by atoms with Crippen LogP contribution in [0.15, 0.2) is 48.5 Å². The van der Waals surface area contributed by atoms with Crippen LogP contribution in [0.25, 0.3) is 11.1 Å². The first-order chi connectivity index (χ1) is 15.4. The minimum absolute atomic E-state index is 0.0595. The van der Waals surface area contributed by atoms with Crippen molar-refractivity contribution in [3.05, 3.63) is 59.7 Å². The molecule has 0 aromatic heterocycles. The van der Waals surface area contributed by atoms with Crippen molar-refractivity contribution in [2.75, 3.05) is 20.3 Å². The van der Waals surface area contributed by atoms with Crippen LogP contribution in [-0.2, 0) is 19.1 Å². The largest absolute Gasteiger partial charge is 0.480 e. The van der Waals surface area contributed by atoms with Crippen LogP contribution in [0.4, 0.5) is 4.79 Å². The van der Waals surface area contributed by atoms with E-state index in [-0.39, 0.29) is 12.5 Å². The standard InChI is InChI=1S/C23H26N2O7/c1-13(31-2)20(21(27)24-19(11-26)22(28)29)25-23(30)32-12-18-16-9-5-3-7-14(16)15-8-4-6-10-17(15)18/h3-10,13,18-20,26H,11-12H2,1-2H3,(H,24,27)(H,25,30)(H,28,29)/t13-,19+,20+/m1/s1.